The molecule has 2 atom stereocenters. The summed E-state index contributed by atoms with van der Waals surface area (Å²) in [6, 6.07) is 1.36. The third-order valence-electron chi connectivity index (χ3n) is 3.71. The SMILES string of the molecule is CCCOCCN1CC(CC(C)C)NCC1CC. The molecule has 0 aromatic carbocycles. The summed E-state index contributed by atoms with van der Waals surface area (Å²) in [6.07, 6.45) is 3.63. The van der Waals surface area contributed by atoms with E-state index in [1.807, 2.05) is 0 Å². The Hall–Kier alpha value is -0.120. The highest BCUT2D eigenvalue weighted by Gasteiger charge is 2.26. The molecular weight excluding hydrogens is 224 g/mol. The van der Waals surface area contributed by atoms with Crippen LogP contribution in [-0.2, 0) is 4.74 Å². The van der Waals surface area contributed by atoms with Gasteiger partial charge < -0.3 is 10.1 Å². The quantitative estimate of drug-likeness (QED) is 0.675. The molecule has 3 nitrogen and oxygen atoms in total. The average molecular weight is 256 g/mol. The van der Waals surface area contributed by atoms with Gasteiger partial charge in [0.05, 0.1) is 6.61 Å². The number of hydrogen-bond acceptors (Lipinski definition) is 3. The summed E-state index contributed by atoms with van der Waals surface area (Å²) in [7, 11) is 0. The van der Waals surface area contributed by atoms with Gasteiger partial charge in [-0.2, -0.15) is 0 Å². The second kappa shape index (κ2) is 8.89. The molecule has 0 aliphatic carbocycles. The second-order valence-corrected chi connectivity index (χ2v) is 5.90. The van der Waals surface area contributed by atoms with Crippen LogP contribution in [0.5, 0.6) is 0 Å². The van der Waals surface area contributed by atoms with Gasteiger partial charge in [0.2, 0.25) is 0 Å². The van der Waals surface area contributed by atoms with Crippen LogP contribution >= 0.6 is 0 Å². The molecular formula is C15H32N2O. The molecule has 18 heavy (non-hydrogen) atoms. The lowest BCUT2D eigenvalue weighted by molar-refractivity contribution is 0.0614. The molecule has 1 aliphatic heterocycles. The van der Waals surface area contributed by atoms with Crippen molar-refractivity contribution in [3.8, 4) is 0 Å². The Kier molecular flexibility index (Phi) is 7.87. The smallest absolute Gasteiger partial charge is 0.0593 e. The maximum absolute atomic E-state index is 5.63. The normalized spacial score (nSPS) is 25.8. The Balaban J connectivity index is 2.33. The minimum atomic E-state index is 0.666. The molecule has 1 saturated heterocycles. The number of piperazine rings is 1. The van der Waals surface area contributed by atoms with Crippen LogP contribution in [0, 0.1) is 5.92 Å². The fraction of sp³-hybridized carbons (Fsp3) is 1.00. The first-order valence-corrected chi connectivity index (χ1v) is 7.72. The first-order chi connectivity index (χ1) is 8.67. The summed E-state index contributed by atoms with van der Waals surface area (Å²) in [6.45, 7) is 14.3. The Bertz CT molecular complexity index is 209. The number of nitrogens with zero attached hydrogens (tertiary/aromatic N) is 1. The predicted octanol–water partition coefficient (Wildman–Crippen LogP) is 2.51. The van der Waals surface area contributed by atoms with E-state index < -0.39 is 0 Å². The minimum absolute atomic E-state index is 0.666. The van der Waals surface area contributed by atoms with Crippen molar-refractivity contribution in [2.24, 2.45) is 5.92 Å². The maximum Gasteiger partial charge on any atom is 0.0593 e. The Morgan fingerprint density at radius 1 is 1.28 bits per heavy atom. The lowest BCUT2D eigenvalue weighted by Crippen LogP contribution is -2.57. The highest BCUT2D eigenvalue weighted by Crippen LogP contribution is 2.14. The van der Waals surface area contributed by atoms with Crippen molar-refractivity contribution < 1.29 is 4.74 Å². The van der Waals surface area contributed by atoms with Crippen molar-refractivity contribution >= 4 is 0 Å². The third-order valence-corrected chi connectivity index (χ3v) is 3.71. The summed E-state index contributed by atoms with van der Waals surface area (Å²) in [5.74, 6) is 0.777. The largest absolute Gasteiger partial charge is 0.380 e. The van der Waals surface area contributed by atoms with Gasteiger partial charge in [0, 0.05) is 38.3 Å². The van der Waals surface area contributed by atoms with E-state index in [-0.39, 0.29) is 0 Å². The molecule has 0 amide bonds. The molecule has 1 rings (SSSR count). The zero-order chi connectivity index (χ0) is 13.4. The van der Waals surface area contributed by atoms with Crippen molar-refractivity contribution in [2.45, 2.75) is 59.0 Å². The van der Waals surface area contributed by atoms with Gasteiger partial charge >= 0.3 is 0 Å². The zero-order valence-electron chi connectivity index (χ0n) is 12.7. The molecule has 0 bridgehead atoms. The number of hydrogen-bond donors (Lipinski definition) is 1. The molecule has 1 aliphatic rings. The molecule has 1 N–H and O–H groups in total. The first-order valence-electron chi connectivity index (χ1n) is 7.72. The summed E-state index contributed by atoms with van der Waals surface area (Å²) >= 11 is 0. The predicted molar refractivity (Wildman–Crippen MR) is 78.0 cm³/mol. The van der Waals surface area contributed by atoms with Crippen LogP contribution in [0.25, 0.3) is 0 Å². The monoisotopic (exact) mass is 256 g/mol. The summed E-state index contributed by atoms with van der Waals surface area (Å²) < 4.78 is 5.63. The van der Waals surface area contributed by atoms with Gasteiger partial charge in [-0.1, -0.05) is 27.7 Å². The molecule has 108 valence electrons. The van der Waals surface area contributed by atoms with Gasteiger partial charge in [0.15, 0.2) is 0 Å². The van der Waals surface area contributed by atoms with E-state index in [1.165, 1.54) is 19.4 Å². The van der Waals surface area contributed by atoms with E-state index in [4.69, 9.17) is 4.74 Å². The zero-order valence-corrected chi connectivity index (χ0v) is 12.7. The van der Waals surface area contributed by atoms with E-state index >= 15 is 0 Å². The molecule has 0 aromatic rings. The van der Waals surface area contributed by atoms with Gasteiger partial charge in [-0.15, -0.1) is 0 Å². The van der Waals surface area contributed by atoms with Gasteiger partial charge in [-0.3, -0.25) is 4.90 Å². The van der Waals surface area contributed by atoms with E-state index in [0.29, 0.717) is 12.1 Å². The second-order valence-electron chi connectivity index (χ2n) is 5.90. The van der Waals surface area contributed by atoms with Gasteiger partial charge in [0.25, 0.3) is 0 Å². The molecule has 3 heteroatoms. The van der Waals surface area contributed by atoms with Gasteiger partial charge in [0.1, 0.15) is 0 Å². The molecule has 1 heterocycles. The molecule has 0 aromatic heterocycles. The van der Waals surface area contributed by atoms with Crippen molar-refractivity contribution in [3.63, 3.8) is 0 Å². The van der Waals surface area contributed by atoms with Gasteiger partial charge in [-0.05, 0) is 25.2 Å². The summed E-state index contributed by atoms with van der Waals surface area (Å²) in [5, 5.41) is 3.70. The Morgan fingerprint density at radius 2 is 2.06 bits per heavy atom. The Labute approximate surface area is 113 Å². The van der Waals surface area contributed by atoms with Crippen LogP contribution in [0.15, 0.2) is 0 Å². The lowest BCUT2D eigenvalue weighted by Gasteiger charge is -2.40. The number of ether oxygens (including phenoxy) is 1. The fourth-order valence-electron chi connectivity index (χ4n) is 2.76. The summed E-state index contributed by atoms with van der Waals surface area (Å²) in [5.41, 5.74) is 0. The van der Waals surface area contributed by atoms with Crippen LogP contribution in [0.1, 0.15) is 47.0 Å². The summed E-state index contributed by atoms with van der Waals surface area (Å²) in [4.78, 5) is 2.62. The van der Waals surface area contributed by atoms with Crippen molar-refractivity contribution in [1.82, 2.24) is 10.2 Å². The van der Waals surface area contributed by atoms with Crippen LogP contribution < -0.4 is 5.32 Å². The fourth-order valence-corrected chi connectivity index (χ4v) is 2.76. The molecule has 2 unspecified atom stereocenters. The van der Waals surface area contributed by atoms with E-state index in [1.54, 1.807) is 0 Å². The average Bonchev–Trinajstić information content (AvgIpc) is 2.34. The Morgan fingerprint density at radius 3 is 2.67 bits per heavy atom. The molecule has 1 fully saturated rings. The first kappa shape index (κ1) is 15.9. The highest BCUT2D eigenvalue weighted by molar-refractivity contribution is 4.85. The van der Waals surface area contributed by atoms with Crippen LogP contribution in [0.3, 0.4) is 0 Å². The standard InChI is InChI=1S/C15H32N2O/c1-5-8-18-9-7-17-12-14(10-13(3)4)16-11-15(17)6-2/h13-16H,5-12H2,1-4H3. The highest BCUT2D eigenvalue weighted by atomic mass is 16.5. The van der Waals surface area contributed by atoms with Crippen molar-refractivity contribution in [2.75, 3.05) is 32.8 Å². The van der Waals surface area contributed by atoms with Crippen LogP contribution in [-0.4, -0.2) is 49.8 Å². The third kappa shape index (κ3) is 5.68. The van der Waals surface area contributed by atoms with Crippen LogP contribution in [0.4, 0.5) is 0 Å². The van der Waals surface area contributed by atoms with Gasteiger partial charge in [-0.25, -0.2) is 0 Å². The van der Waals surface area contributed by atoms with Crippen molar-refractivity contribution in [1.29, 1.82) is 0 Å². The van der Waals surface area contributed by atoms with E-state index in [0.717, 1.165) is 38.6 Å². The van der Waals surface area contributed by atoms with E-state index in [2.05, 4.69) is 37.9 Å². The molecule has 0 saturated carbocycles. The van der Waals surface area contributed by atoms with Crippen molar-refractivity contribution in [3.05, 3.63) is 0 Å². The lowest BCUT2D eigenvalue weighted by atomic mass is 9.99. The topological polar surface area (TPSA) is 24.5 Å². The van der Waals surface area contributed by atoms with Crippen LogP contribution in [0.2, 0.25) is 0 Å². The maximum atomic E-state index is 5.63. The molecule has 0 spiro atoms. The molecule has 0 radical (unpaired) electrons. The minimum Gasteiger partial charge on any atom is -0.380 e. The van der Waals surface area contributed by atoms with E-state index in [9.17, 15) is 0 Å². The number of nitrogens with one attached hydrogen (secondary N) is 1. The number of rotatable bonds is 8.